The van der Waals surface area contributed by atoms with Crippen LogP contribution in [0.25, 0.3) is 0 Å². The van der Waals surface area contributed by atoms with Gasteiger partial charge in [0.2, 0.25) is 5.91 Å². The zero-order valence-electron chi connectivity index (χ0n) is 11.2. The van der Waals surface area contributed by atoms with E-state index < -0.39 is 12.1 Å². The van der Waals surface area contributed by atoms with Crippen molar-refractivity contribution in [2.45, 2.75) is 32.4 Å². The van der Waals surface area contributed by atoms with Gasteiger partial charge in [-0.05, 0) is 30.4 Å². The average Bonchev–Trinajstić information content (AvgIpc) is 2.39. The van der Waals surface area contributed by atoms with E-state index in [-0.39, 0.29) is 11.7 Å². The van der Waals surface area contributed by atoms with E-state index in [1.54, 1.807) is 18.7 Å². The molecule has 0 saturated heterocycles. The molecule has 2 unspecified atom stereocenters. The molecule has 0 radical (unpaired) electrons. The molecule has 0 fully saturated rings. The van der Waals surface area contributed by atoms with Gasteiger partial charge in [0.1, 0.15) is 5.82 Å². The van der Waals surface area contributed by atoms with Crippen molar-refractivity contribution in [2.75, 3.05) is 11.5 Å². The largest absolute Gasteiger partial charge is 0.386 e. The second kappa shape index (κ2) is 8.17. The van der Waals surface area contributed by atoms with Gasteiger partial charge < -0.3 is 10.4 Å². The number of carbonyl (C=O) groups is 1. The zero-order valence-corrected chi connectivity index (χ0v) is 12.0. The summed E-state index contributed by atoms with van der Waals surface area (Å²) in [5, 5.41) is 12.8. The fourth-order valence-electron chi connectivity index (χ4n) is 1.66. The zero-order chi connectivity index (χ0) is 14.3. The van der Waals surface area contributed by atoms with Crippen LogP contribution in [0.1, 0.15) is 31.9 Å². The van der Waals surface area contributed by atoms with Crippen molar-refractivity contribution in [3.8, 4) is 0 Å². The van der Waals surface area contributed by atoms with Gasteiger partial charge >= 0.3 is 0 Å². The number of rotatable bonds is 7. The molecule has 2 N–H and O–H groups in total. The number of hydrogen-bond acceptors (Lipinski definition) is 3. The molecule has 0 aliphatic rings. The van der Waals surface area contributed by atoms with Crippen LogP contribution in [0.15, 0.2) is 24.3 Å². The smallest absolute Gasteiger partial charge is 0.221 e. The molecule has 1 aromatic rings. The van der Waals surface area contributed by atoms with Crippen LogP contribution >= 0.6 is 11.8 Å². The highest BCUT2D eigenvalue weighted by Gasteiger charge is 2.18. The van der Waals surface area contributed by atoms with Crippen molar-refractivity contribution in [1.82, 2.24) is 5.32 Å². The monoisotopic (exact) mass is 285 g/mol. The van der Waals surface area contributed by atoms with Crippen molar-refractivity contribution in [3.63, 3.8) is 0 Å². The van der Waals surface area contributed by atoms with Gasteiger partial charge in [0.05, 0.1) is 12.1 Å². The van der Waals surface area contributed by atoms with Crippen LogP contribution in [-0.4, -0.2) is 28.6 Å². The van der Waals surface area contributed by atoms with Crippen LogP contribution in [0.2, 0.25) is 0 Å². The van der Waals surface area contributed by atoms with Crippen LogP contribution in [0.5, 0.6) is 0 Å². The molecule has 1 aromatic carbocycles. The second-order valence-corrected chi connectivity index (χ2v) is 5.69. The summed E-state index contributed by atoms with van der Waals surface area (Å²) in [6.07, 6.45) is -0.387. The van der Waals surface area contributed by atoms with Crippen molar-refractivity contribution in [3.05, 3.63) is 35.6 Å². The molecule has 106 valence electrons. The quantitative estimate of drug-likeness (QED) is 0.757. The lowest BCUT2D eigenvalue weighted by Crippen LogP contribution is -2.37. The standard InChI is InChI=1S/C14H20FNO2S/c1-3-19-9-8-13(17)16-10(2)14(18)11-4-6-12(15)7-5-11/h4-7,10,14,18H,3,8-9H2,1-2H3,(H,16,17). The lowest BCUT2D eigenvalue weighted by atomic mass is 10.0. The fraction of sp³-hybridized carbons (Fsp3) is 0.500. The Morgan fingerprint density at radius 3 is 2.63 bits per heavy atom. The Kier molecular flexibility index (Phi) is 6.87. The number of thioether (sulfide) groups is 1. The minimum atomic E-state index is -0.830. The first-order valence-corrected chi connectivity index (χ1v) is 7.50. The van der Waals surface area contributed by atoms with Gasteiger partial charge in [0, 0.05) is 12.2 Å². The van der Waals surface area contributed by atoms with E-state index in [1.165, 1.54) is 24.3 Å². The van der Waals surface area contributed by atoms with Crippen molar-refractivity contribution >= 4 is 17.7 Å². The van der Waals surface area contributed by atoms with Gasteiger partial charge in [0.25, 0.3) is 0 Å². The second-order valence-electron chi connectivity index (χ2n) is 4.30. The van der Waals surface area contributed by atoms with Crippen LogP contribution < -0.4 is 5.32 Å². The molecule has 3 nitrogen and oxygen atoms in total. The van der Waals surface area contributed by atoms with Crippen molar-refractivity contribution < 1.29 is 14.3 Å². The Hall–Kier alpha value is -1.07. The molecule has 1 amide bonds. The molecule has 2 atom stereocenters. The number of aliphatic hydroxyl groups is 1. The van der Waals surface area contributed by atoms with Crippen LogP contribution in [0.4, 0.5) is 4.39 Å². The molecule has 0 saturated carbocycles. The van der Waals surface area contributed by atoms with Gasteiger partial charge in [0.15, 0.2) is 0 Å². The van der Waals surface area contributed by atoms with E-state index in [1.807, 2.05) is 6.92 Å². The normalized spacial score (nSPS) is 13.9. The maximum atomic E-state index is 12.8. The van der Waals surface area contributed by atoms with Gasteiger partial charge in [-0.1, -0.05) is 19.1 Å². The maximum Gasteiger partial charge on any atom is 0.221 e. The van der Waals surface area contributed by atoms with Crippen LogP contribution in [0.3, 0.4) is 0 Å². The van der Waals surface area contributed by atoms with E-state index in [2.05, 4.69) is 5.32 Å². The minimum Gasteiger partial charge on any atom is -0.386 e. The number of carbonyl (C=O) groups excluding carboxylic acids is 1. The molecule has 0 bridgehead atoms. The fourth-order valence-corrected chi connectivity index (χ4v) is 2.28. The molecule has 0 aliphatic carbocycles. The number of amides is 1. The van der Waals surface area contributed by atoms with E-state index in [0.717, 1.165) is 11.5 Å². The maximum absolute atomic E-state index is 12.8. The number of halogens is 1. The number of aliphatic hydroxyl groups excluding tert-OH is 1. The highest BCUT2D eigenvalue weighted by atomic mass is 32.2. The SMILES string of the molecule is CCSCCC(=O)NC(C)C(O)c1ccc(F)cc1. The predicted molar refractivity (Wildman–Crippen MR) is 76.6 cm³/mol. The van der Waals surface area contributed by atoms with Gasteiger partial charge in [-0.25, -0.2) is 4.39 Å². The topological polar surface area (TPSA) is 49.3 Å². The highest BCUT2D eigenvalue weighted by molar-refractivity contribution is 7.99. The first-order valence-electron chi connectivity index (χ1n) is 6.35. The third-order valence-corrected chi connectivity index (χ3v) is 3.65. The third kappa shape index (κ3) is 5.61. The molecule has 0 aromatic heterocycles. The first kappa shape index (κ1) is 16.0. The Morgan fingerprint density at radius 1 is 1.42 bits per heavy atom. The van der Waals surface area contributed by atoms with Crippen LogP contribution in [-0.2, 0) is 4.79 Å². The number of nitrogens with one attached hydrogen (secondary N) is 1. The molecule has 1 rings (SSSR count). The third-order valence-electron chi connectivity index (χ3n) is 2.75. The Morgan fingerprint density at radius 2 is 2.05 bits per heavy atom. The highest BCUT2D eigenvalue weighted by Crippen LogP contribution is 2.17. The van der Waals surface area contributed by atoms with E-state index in [9.17, 15) is 14.3 Å². The summed E-state index contributed by atoms with van der Waals surface area (Å²) in [4.78, 5) is 11.6. The summed E-state index contributed by atoms with van der Waals surface area (Å²) in [5.74, 6) is 1.35. The Balaban J connectivity index is 2.46. The molecule has 5 heteroatoms. The summed E-state index contributed by atoms with van der Waals surface area (Å²) in [6.45, 7) is 3.78. The molecule has 0 heterocycles. The lowest BCUT2D eigenvalue weighted by molar-refractivity contribution is -0.122. The summed E-state index contributed by atoms with van der Waals surface area (Å²) >= 11 is 1.70. The molecule has 0 spiro atoms. The lowest BCUT2D eigenvalue weighted by Gasteiger charge is -2.20. The Labute approximate surface area is 117 Å². The molecule has 19 heavy (non-hydrogen) atoms. The minimum absolute atomic E-state index is 0.0744. The first-order chi connectivity index (χ1) is 9.04. The molecule has 0 aliphatic heterocycles. The summed E-state index contributed by atoms with van der Waals surface area (Å²) in [6, 6.07) is 5.24. The van der Waals surface area contributed by atoms with E-state index in [4.69, 9.17) is 0 Å². The van der Waals surface area contributed by atoms with Crippen molar-refractivity contribution in [1.29, 1.82) is 0 Å². The van der Waals surface area contributed by atoms with E-state index >= 15 is 0 Å². The van der Waals surface area contributed by atoms with Gasteiger partial charge in [-0.3, -0.25) is 4.79 Å². The predicted octanol–water partition coefficient (Wildman–Crippen LogP) is 2.51. The Bertz CT molecular complexity index is 397. The van der Waals surface area contributed by atoms with Gasteiger partial charge in [-0.15, -0.1) is 0 Å². The summed E-state index contributed by atoms with van der Waals surface area (Å²) < 4.78 is 12.8. The van der Waals surface area contributed by atoms with Crippen LogP contribution in [0, 0.1) is 5.82 Å². The number of benzene rings is 1. The molecular formula is C14H20FNO2S. The summed E-state index contributed by atoms with van der Waals surface area (Å²) in [7, 11) is 0. The van der Waals surface area contributed by atoms with E-state index in [0.29, 0.717) is 12.0 Å². The van der Waals surface area contributed by atoms with Crippen molar-refractivity contribution in [2.24, 2.45) is 0 Å². The average molecular weight is 285 g/mol. The number of hydrogen-bond donors (Lipinski definition) is 2. The van der Waals surface area contributed by atoms with Gasteiger partial charge in [-0.2, -0.15) is 11.8 Å². The summed E-state index contributed by atoms with van der Waals surface area (Å²) in [5.41, 5.74) is 0.595. The molecular weight excluding hydrogens is 265 g/mol.